The van der Waals surface area contributed by atoms with Crippen molar-refractivity contribution in [2.75, 3.05) is 14.1 Å². The van der Waals surface area contributed by atoms with Gasteiger partial charge in [0.05, 0.1) is 17.3 Å². The van der Waals surface area contributed by atoms with Gasteiger partial charge in [-0.25, -0.2) is 0 Å². The molecular formula is C31H35NO5. The number of ether oxygens (including phenoxy) is 1. The molecule has 0 radical (unpaired) electrons. The summed E-state index contributed by atoms with van der Waals surface area (Å²) in [6.07, 6.45) is 5.10. The molecule has 6 heteroatoms. The van der Waals surface area contributed by atoms with Crippen molar-refractivity contribution in [2.45, 2.75) is 74.1 Å². The highest BCUT2D eigenvalue weighted by molar-refractivity contribution is 5.94. The number of benzene rings is 2. The smallest absolute Gasteiger partial charge is 0.169 e. The van der Waals surface area contributed by atoms with E-state index in [1.165, 1.54) is 0 Å². The fourth-order valence-corrected chi connectivity index (χ4v) is 8.63. The van der Waals surface area contributed by atoms with E-state index in [0.29, 0.717) is 18.4 Å². The zero-order chi connectivity index (χ0) is 26.0. The van der Waals surface area contributed by atoms with Gasteiger partial charge in [0.15, 0.2) is 11.4 Å². The lowest BCUT2D eigenvalue weighted by atomic mass is 9.56. The summed E-state index contributed by atoms with van der Waals surface area (Å²) in [4.78, 5) is 15.8. The van der Waals surface area contributed by atoms with Gasteiger partial charge in [-0.2, -0.15) is 0 Å². The molecule has 5 aliphatic rings. The number of likely N-dealkylation sites (N-methyl/N-ethyl adjacent to an activating group) is 1. The number of hydrogen-bond donors (Lipinski definition) is 3. The second-order valence-electron chi connectivity index (χ2n) is 12.5. The molecule has 2 saturated carbocycles. The van der Waals surface area contributed by atoms with E-state index >= 15 is 0 Å². The first-order valence-electron chi connectivity index (χ1n) is 13.5. The van der Waals surface area contributed by atoms with Crippen LogP contribution in [0.2, 0.25) is 0 Å². The molecule has 194 valence electrons. The molecule has 0 unspecified atom stereocenters. The highest BCUT2D eigenvalue weighted by Crippen LogP contribution is 2.69. The Kier molecular flexibility index (Phi) is 4.75. The second-order valence-corrected chi connectivity index (χ2v) is 12.5. The van der Waals surface area contributed by atoms with Gasteiger partial charge in [0.1, 0.15) is 6.10 Å². The van der Waals surface area contributed by atoms with Crippen LogP contribution in [0.25, 0.3) is 10.8 Å². The van der Waals surface area contributed by atoms with E-state index in [0.717, 1.165) is 34.8 Å². The molecule has 1 saturated heterocycles. The Morgan fingerprint density at radius 2 is 1.81 bits per heavy atom. The summed E-state index contributed by atoms with van der Waals surface area (Å²) >= 11 is 0. The largest absolute Gasteiger partial charge is 0.388 e. The molecule has 3 N–H and O–H groups in total. The van der Waals surface area contributed by atoms with Crippen molar-refractivity contribution in [3.8, 4) is 0 Å². The van der Waals surface area contributed by atoms with Gasteiger partial charge >= 0.3 is 0 Å². The number of aliphatic hydroxyl groups excluding tert-OH is 2. The fraction of sp³-hybridized carbons (Fsp3) is 0.516. The van der Waals surface area contributed by atoms with Gasteiger partial charge in [0, 0.05) is 23.8 Å². The lowest BCUT2D eigenvalue weighted by molar-refractivity contribution is -0.182. The van der Waals surface area contributed by atoms with E-state index in [1.54, 1.807) is 0 Å². The zero-order valence-corrected chi connectivity index (χ0v) is 21.6. The number of nitrogens with zero attached hydrogens (tertiary/aromatic N) is 1. The van der Waals surface area contributed by atoms with Gasteiger partial charge in [-0.05, 0) is 73.3 Å². The Morgan fingerprint density at radius 1 is 1.05 bits per heavy atom. The van der Waals surface area contributed by atoms with Crippen molar-refractivity contribution < 1.29 is 24.9 Å². The van der Waals surface area contributed by atoms with Crippen LogP contribution in [0.15, 0.2) is 65.8 Å². The minimum atomic E-state index is -1.62. The number of aliphatic hydroxyl groups is 3. The molecule has 3 fully saturated rings. The van der Waals surface area contributed by atoms with Crippen LogP contribution in [0.5, 0.6) is 0 Å². The summed E-state index contributed by atoms with van der Waals surface area (Å²) in [6.45, 7) is 2.05. The number of ketones is 1. The van der Waals surface area contributed by atoms with Crippen LogP contribution >= 0.6 is 0 Å². The molecule has 37 heavy (non-hydrogen) atoms. The Morgan fingerprint density at radius 3 is 2.57 bits per heavy atom. The normalized spacial score (nSPS) is 44.4. The van der Waals surface area contributed by atoms with Crippen molar-refractivity contribution >= 4 is 16.6 Å². The molecule has 2 aromatic rings. The number of hydrogen-bond acceptors (Lipinski definition) is 6. The molecule has 0 amide bonds. The summed E-state index contributed by atoms with van der Waals surface area (Å²) in [7, 11) is 3.84. The second kappa shape index (κ2) is 7.39. The topological polar surface area (TPSA) is 90.2 Å². The lowest BCUT2D eigenvalue weighted by Gasteiger charge is -2.56. The molecule has 2 aliphatic heterocycles. The number of rotatable bonds is 2. The van der Waals surface area contributed by atoms with Crippen molar-refractivity contribution in [3.05, 3.63) is 71.3 Å². The molecule has 2 heterocycles. The highest BCUT2D eigenvalue weighted by Gasteiger charge is 2.73. The van der Waals surface area contributed by atoms with E-state index in [9.17, 15) is 20.1 Å². The molecule has 2 spiro atoms. The first kappa shape index (κ1) is 23.7. The molecule has 8 atom stereocenters. The molecular weight excluding hydrogens is 466 g/mol. The summed E-state index contributed by atoms with van der Waals surface area (Å²) < 4.78 is 7.11. The third-order valence-corrected chi connectivity index (χ3v) is 10.7. The third kappa shape index (κ3) is 2.75. The Bertz CT molecular complexity index is 1400. The van der Waals surface area contributed by atoms with Crippen molar-refractivity contribution in [3.63, 3.8) is 0 Å². The average Bonchev–Trinajstić information content (AvgIpc) is 3.31. The SMILES string of the molecule is CN(C)[C@H]1C[C@@]23CC[C@@]4(O2)C(=CC[C@@]2(C)[C@H]4CC(=O)[C@]2(O)c2ccc4ccccc4c2)C=C3[C@@H](O)[C@@H]1O. The van der Waals surface area contributed by atoms with Crippen molar-refractivity contribution in [2.24, 2.45) is 11.3 Å². The van der Waals surface area contributed by atoms with E-state index in [1.807, 2.05) is 67.5 Å². The monoisotopic (exact) mass is 501 g/mol. The van der Waals surface area contributed by atoms with Gasteiger partial charge in [0.25, 0.3) is 0 Å². The van der Waals surface area contributed by atoms with Crippen molar-refractivity contribution in [1.29, 1.82) is 0 Å². The van der Waals surface area contributed by atoms with Crippen LogP contribution in [0.1, 0.15) is 44.6 Å². The van der Waals surface area contributed by atoms with Gasteiger partial charge in [0.2, 0.25) is 0 Å². The molecule has 7 rings (SSSR count). The molecule has 0 aromatic heterocycles. The molecule has 3 aliphatic carbocycles. The minimum Gasteiger partial charge on any atom is -0.388 e. The van der Waals surface area contributed by atoms with Gasteiger partial charge in [-0.3, -0.25) is 4.79 Å². The van der Waals surface area contributed by atoms with Gasteiger partial charge in [-0.15, -0.1) is 0 Å². The summed E-state index contributed by atoms with van der Waals surface area (Å²) in [5.74, 6) is -0.341. The van der Waals surface area contributed by atoms with Crippen LogP contribution in [-0.2, 0) is 15.1 Å². The standard InChI is InChI=1S/C31H35NO5/c1-28-11-10-20-15-22-26(34)27(35)23(32(2)3)17-29(22)12-13-30(20,37-29)24(28)16-25(33)31(28,36)21-9-8-18-6-4-5-7-19(18)14-21/h4-10,14-15,23-24,26-27,34-36H,11-13,16-17H2,1-3H3/t23-,24+,26+,27+,28-,29+,30+,31+/m0/s1. The number of carbonyl (C=O) groups is 1. The predicted octanol–water partition coefficient (Wildman–Crippen LogP) is 3.24. The summed E-state index contributed by atoms with van der Waals surface area (Å²) in [5, 5.41) is 36.5. The van der Waals surface area contributed by atoms with Crippen LogP contribution in [-0.4, -0.2) is 69.5 Å². The highest BCUT2D eigenvalue weighted by atomic mass is 16.5. The molecule has 6 nitrogen and oxygen atoms in total. The van der Waals surface area contributed by atoms with E-state index in [4.69, 9.17) is 4.74 Å². The van der Waals surface area contributed by atoms with Crippen LogP contribution in [0.4, 0.5) is 0 Å². The lowest BCUT2D eigenvalue weighted by Crippen LogP contribution is -2.62. The van der Waals surface area contributed by atoms with Crippen molar-refractivity contribution in [1.82, 2.24) is 4.90 Å². The third-order valence-electron chi connectivity index (χ3n) is 10.7. The maximum absolute atomic E-state index is 13.8. The van der Waals surface area contributed by atoms with Gasteiger partial charge in [-0.1, -0.05) is 55.5 Å². The summed E-state index contributed by atoms with van der Waals surface area (Å²) in [5.41, 5.74) is -1.31. The molecule has 2 bridgehead atoms. The minimum absolute atomic E-state index is 0.149. The number of fused-ring (bicyclic) bond motifs is 2. The number of carbonyl (C=O) groups excluding carboxylic acids is 1. The van der Waals surface area contributed by atoms with E-state index < -0.39 is 34.4 Å². The van der Waals surface area contributed by atoms with Crippen LogP contribution in [0, 0.1) is 11.3 Å². The van der Waals surface area contributed by atoms with Crippen LogP contribution < -0.4 is 0 Å². The maximum atomic E-state index is 13.8. The average molecular weight is 502 g/mol. The van der Waals surface area contributed by atoms with Crippen LogP contribution in [0.3, 0.4) is 0 Å². The van der Waals surface area contributed by atoms with Gasteiger partial charge < -0.3 is 25.0 Å². The van der Waals surface area contributed by atoms with E-state index in [2.05, 4.69) is 13.0 Å². The van der Waals surface area contributed by atoms with E-state index in [-0.39, 0.29) is 24.2 Å². The first-order chi connectivity index (χ1) is 17.6. The zero-order valence-electron chi connectivity index (χ0n) is 21.6. The Hall–Kier alpha value is -2.35. The number of allylic oxidation sites excluding steroid dienone is 1. The Balaban J connectivity index is 1.35. The maximum Gasteiger partial charge on any atom is 0.169 e. The first-order valence-corrected chi connectivity index (χ1v) is 13.5. The number of Topliss-reactive ketones (excluding diaryl/α,β-unsaturated/α-hetero) is 1. The molecule has 2 aromatic carbocycles. The Labute approximate surface area is 217 Å². The summed E-state index contributed by atoms with van der Waals surface area (Å²) in [6, 6.07) is 13.6. The predicted molar refractivity (Wildman–Crippen MR) is 140 cm³/mol. The quantitative estimate of drug-likeness (QED) is 0.586. The fourth-order valence-electron chi connectivity index (χ4n) is 8.63.